The molecule has 0 radical (unpaired) electrons. The second-order valence-electron chi connectivity index (χ2n) is 7.99. The molecule has 184 valence electrons. The van der Waals surface area contributed by atoms with E-state index in [1.807, 2.05) is 36.4 Å². The van der Waals surface area contributed by atoms with Crippen LogP contribution in [0.3, 0.4) is 0 Å². The number of nitrogens with one attached hydrogen (secondary N) is 1. The van der Waals surface area contributed by atoms with Gasteiger partial charge in [0.2, 0.25) is 10.0 Å². The molecule has 8 nitrogen and oxygen atoms in total. The lowest BCUT2D eigenvalue weighted by Gasteiger charge is -2.14. The number of esters is 1. The average Bonchev–Trinajstić information content (AvgIpc) is 2.88. The minimum atomic E-state index is -3.73. The molecule has 0 aliphatic carbocycles. The van der Waals surface area contributed by atoms with Crippen molar-refractivity contribution in [1.29, 1.82) is 0 Å². The number of fused-ring (bicyclic) bond motifs is 1. The lowest BCUT2D eigenvalue weighted by Crippen LogP contribution is -2.23. The number of rotatable bonds is 7. The Balaban J connectivity index is 1.54. The highest BCUT2D eigenvalue weighted by Gasteiger charge is 2.20. The van der Waals surface area contributed by atoms with Crippen LogP contribution in [0.4, 0.5) is 5.69 Å². The number of benzene rings is 3. The van der Waals surface area contributed by atoms with E-state index in [1.54, 1.807) is 24.3 Å². The van der Waals surface area contributed by atoms with Crippen molar-refractivity contribution in [3.05, 3.63) is 89.4 Å². The van der Waals surface area contributed by atoms with Crippen LogP contribution < -0.4 is 5.32 Å². The number of sulfonamides is 1. The van der Waals surface area contributed by atoms with Gasteiger partial charge in [-0.15, -0.1) is 0 Å². The second kappa shape index (κ2) is 10.4. The summed E-state index contributed by atoms with van der Waals surface area (Å²) >= 11 is 6.13. The van der Waals surface area contributed by atoms with Crippen molar-refractivity contribution in [3.8, 4) is 11.3 Å². The molecule has 10 heteroatoms. The van der Waals surface area contributed by atoms with Crippen LogP contribution in [0.1, 0.15) is 10.4 Å². The number of para-hydroxylation sites is 1. The van der Waals surface area contributed by atoms with Gasteiger partial charge in [-0.1, -0.05) is 60.1 Å². The van der Waals surface area contributed by atoms with Crippen molar-refractivity contribution < 1.29 is 22.7 Å². The number of hydrogen-bond donors (Lipinski definition) is 1. The Labute approximate surface area is 213 Å². The largest absolute Gasteiger partial charge is 0.452 e. The molecule has 1 N–H and O–H groups in total. The van der Waals surface area contributed by atoms with Crippen molar-refractivity contribution in [2.75, 3.05) is 26.0 Å². The molecule has 36 heavy (non-hydrogen) atoms. The predicted molar refractivity (Wildman–Crippen MR) is 138 cm³/mol. The Morgan fingerprint density at radius 3 is 2.39 bits per heavy atom. The molecule has 0 fully saturated rings. The lowest BCUT2D eigenvalue weighted by molar-refractivity contribution is -0.119. The highest BCUT2D eigenvalue weighted by molar-refractivity contribution is 7.89. The van der Waals surface area contributed by atoms with Crippen LogP contribution in [-0.4, -0.2) is 50.3 Å². The highest BCUT2D eigenvalue weighted by atomic mass is 35.5. The van der Waals surface area contributed by atoms with Crippen molar-refractivity contribution in [3.63, 3.8) is 0 Å². The molecule has 4 aromatic rings. The maximum Gasteiger partial charge on any atom is 0.339 e. The minimum absolute atomic E-state index is 0.0408. The summed E-state index contributed by atoms with van der Waals surface area (Å²) in [7, 11) is -0.936. The SMILES string of the molecule is CN(C)S(=O)(=O)c1ccc(Cl)c(NC(=O)COC(=O)c2cc(-c3ccccc3)nc3ccccc23)c1. The van der Waals surface area contributed by atoms with E-state index in [0.29, 0.717) is 16.6 Å². The predicted octanol–water partition coefficient (Wildman–Crippen LogP) is 4.60. The monoisotopic (exact) mass is 523 g/mol. The van der Waals surface area contributed by atoms with Crippen molar-refractivity contribution >= 4 is 50.1 Å². The number of ether oxygens (including phenoxy) is 1. The molecule has 0 aliphatic rings. The average molecular weight is 524 g/mol. The first-order valence-corrected chi connectivity index (χ1v) is 12.6. The summed E-state index contributed by atoms with van der Waals surface area (Å²) in [6.07, 6.45) is 0. The van der Waals surface area contributed by atoms with E-state index >= 15 is 0 Å². The number of aromatic nitrogens is 1. The van der Waals surface area contributed by atoms with Gasteiger partial charge in [0.25, 0.3) is 5.91 Å². The van der Waals surface area contributed by atoms with Gasteiger partial charge in [-0.05, 0) is 30.3 Å². The van der Waals surface area contributed by atoms with Gasteiger partial charge < -0.3 is 10.1 Å². The molecule has 1 aromatic heterocycles. The Kier molecular flexibility index (Phi) is 7.35. The van der Waals surface area contributed by atoms with Gasteiger partial charge in [0.05, 0.1) is 32.4 Å². The Morgan fingerprint density at radius 2 is 1.67 bits per heavy atom. The fourth-order valence-corrected chi connectivity index (χ4v) is 4.56. The molecule has 0 aliphatic heterocycles. The molecule has 0 saturated heterocycles. The van der Waals surface area contributed by atoms with Gasteiger partial charge in [-0.25, -0.2) is 22.5 Å². The molecule has 0 bridgehead atoms. The van der Waals surface area contributed by atoms with Gasteiger partial charge >= 0.3 is 5.97 Å². The van der Waals surface area contributed by atoms with E-state index in [-0.39, 0.29) is 21.2 Å². The molecular weight excluding hydrogens is 502 g/mol. The van der Waals surface area contributed by atoms with E-state index in [0.717, 1.165) is 9.87 Å². The maximum atomic E-state index is 13.0. The van der Waals surface area contributed by atoms with Gasteiger partial charge in [0, 0.05) is 25.0 Å². The van der Waals surface area contributed by atoms with E-state index in [2.05, 4.69) is 10.3 Å². The zero-order chi connectivity index (χ0) is 25.9. The minimum Gasteiger partial charge on any atom is -0.452 e. The van der Waals surface area contributed by atoms with Crippen molar-refractivity contribution in [1.82, 2.24) is 9.29 Å². The van der Waals surface area contributed by atoms with E-state index in [1.165, 1.54) is 32.3 Å². The number of carbonyl (C=O) groups excluding carboxylic acids is 2. The number of hydrogen-bond acceptors (Lipinski definition) is 6. The Hall–Kier alpha value is -3.79. The van der Waals surface area contributed by atoms with Gasteiger partial charge in [0.15, 0.2) is 6.61 Å². The lowest BCUT2D eigenvalue weighted by atomic mass is 10.0. The molecule has 1 amide bonds. The molecule has 1 heterocycles. The summed E-state index contributed by atoms with van der Waals surface area (Å²) in [4.78, 5) is 30.1. The first-order valence-electron chi connectivity index (χ1n) is 10.8. The topological polar surface area (TPSA) is 106 Å². The summed E-state index contributed by atoms with van der Waals surface area (Å²) in [6, 6.07) is 22.1. The summed E-state index contributed by atoms with van der Waals surface area (Å²) in [5, 5.41) is 3.23. The normalized spacial score (nSPS) is 11.4. The number of carbonyl (C=O) groups is 2. The summed E-state index contributed by atoms with van der Waals surface area (Å²) in [6.45, 7) is -0.600. The third-order valence-electron chi connectivity index (χ3n) is 5.33. The zero-order valence-electron chi connectivity index (χ0n) is 19.4. The summed E-state index contributed by atoms with van der Waals surface area (Å²) in [5.41, 5.74) is 2.39. The smallest absolute Gasteiger partial charge is 0.339 e. The van der Waals surface area contributed by atoms with Gasteiger partial charge in [-0.2, -0.15) is 0 Å². The van der Waals surface area contributed by atoms with E-state index < -0.39 is 28.5 Å². The summed E-state index contributed by atoms with van der Waals surface area (Å²) in [5.74, 6) is -1.37. The van der Waals surface area contributed by atoms with Crippen LogP contribution in [0, 0.1) is 0 Å². The quantitative estimate of drug-likeness (QED) is 0.355. The molecule has 0 atom stereocenters. The van der Waals surface area contributed by atoms with Crippen LogP contribution >= 0.6 is 11.6 Å². The van der Waals surface area contributed by atoms with Crippen LogP contribution in [0.25, 0.3) is 22.2 Å². The third-order valence-corrected chi connectivity index (χ3v) is 7.47. The molecule has 0 saturated carbocycles. The standard InChI is InChI=1S/C26H22ClN3O5S/c1-30(2)36(33,34)18-12-13-21(27)24(14-18)29-25(31)16-35-26(32)20-15-23(17-8-4-3-5-9-17)28-22-11-7-6-10-19(20)22/h3-15H,16H2,1-2H3,(H,29,31). The van der Waals surface area contributed by atoms with Gasteiger partial charge in [0.1, 0.15) is 0 Å². The van der Waals surface area contributed by atoms with Crippen molar-refractivity contribution in [2.45, 2.75) is 4.90 Å². The van der Waals surface area contributed by atoms with Gasteiger partial charge in [-0.3, -0.25) is 4.79 Å². The Bertz CT molecular complexity index is 1560. The maximum absolute atomic E-state index is 13.0. The van der Waals surface area contributed by atoms with Crippen LogP contribution in [0.5, 0.6) is 0 Å². The number of halogens is 1. The molecule has 0 unspecified atom stereocenters. The molecule has 4 rings (SSSR count). The highest BCUT2D eigenvalue weighted by Crippen LogP contribution is 2.27. The second-order valence-corrected chi connectivity index (χ2v) is 10.6. The van der Waals surface area contributed by atoms with E-state index in [9.17, 15) is 18.0 Å². The number of nitrogens with zero attached hydrogens (tertiary/aromatic N) is 2. The van der Waals surface area contributed by atoms with Crippen LogP contribution in [0.15, 0.2) is 83.8 Å². The number of amides is 1. The number of anilines is 1. The van der Waals surface area contributed by atoms with Crippen LogP contribution in [0.2, 0.25) is 5.02 Å². The third kappa shape index (κ3) is 5.38. The molecular formula is C26H22ClN3O5S. The van der Waals surface area contributed by atoms with Crippen LogP contribution in [-0.2, 0) is 19.6 Å². The first-order chi connectivity index (χ1) is 17.2. The number of pyridine rings is 1. The van der Waals surface area contributed by atoms with Crippen molar-refractivity contribution in [2.24, 2.45) is 0 Å². The Morgan fingerprint density at radius 1 is 0.972 bits per heavy atom. The zero-order valence-corrected chi connectivity index (χ0v) is 21.0. The first kappa shape index (κ1) is 25.3. The molecule has 3 aromatic carbocycles. The fraction of sp³-hybridized carbons (Fsp3) is 0.115. The molecule has 0 spiro atoms. The summed E-state index contributed by atoms with van der Waals surface area (Å²) < 4.78 is 31.1. The van der Waals surface area contributed by atoms with E-state index in [4.69, 9.17) is 16.3 Å². The fourth-order valence-electron chi connectivity index (χ4n) is 3.47.